The fourth-order valence-electron chi connectivity index (χ4n) is 2.93. The zero-order valence-corrected chi connectivity index (χ0v) is 17.1. The van der Waals surface area contributed by atoms with Crippen molar-refractivity contribution in [2.75, 3.05) is 12.4 Å². The zero-order chi connectivity index (χ0) is 20.2. The molecule has 3 aromatic carbocycles. The summed E-state index contributed by atoms with van der Waals surface area (Å²) in [6, 6.07) is 22.2. The van der Waals surface area contributed by atoms with Crippen LogP contribution >= 0.6 is 15.9 Å². The van der Waals surface area contributed by atoms with E-state index in [1.807, 2.05) is 66.7 Å². The Kier molecular flexibility index (Phi) is 5.44. The minimum atomic E-state index is -0.242. The maximum absolute atomic E-state index is 12.9. The summed E-state index contributed by atoms with van der Waals surface area (Å²) in [4.78, 5) is 17.3. The summed E-state index contributed by atoms with van der Waals surface area (Å²) in [5.74, 6) is 1.46. The molecule has 0 fully saturated rings. The molecule has 144 valence electrons. The van der Waals surface area contributed by atoms with Crippen molar-refractivity contribution >= 4 is 27.5 Å². The van der Waals surface area contributed by atoms with Crippen LogP contribution in [0.2, 0.25) is 0 Å². The number of para-hydroxylation sites is 1. The number of carbonyl (C=O) groups is 1. The van der Waals surface area contributed by atoms with Crippen LogP contribution in [0.3, 0.4) is 0 Å². The van der Waals surface area contributed by atoms with Crippen molar-refractivity contribution in [2.24, 2.45) is 0 Å². The number of hydrogen-bond donors (Lipinski definition) is 1. The third-order valence-electron chi connectivity index (χ3n) is 4.38. The highest BCUT2D eigenvalue weighted by atomic mass is 79.9. The number of ether oxygens (including phenoxy) is 1. The van der Waals surface area contributed by atoms with Crippen LogP contribution < -0.4 is 10.1 Å². The van der Waals surface area contributed by atoms with Gasteiger partial charge in [0.1, 0.15) is 5.75 Å². The number of methoxy groups -OCH3 is 1. The predicted octanol–water partition coefficient (Wildman–Crippen LogP) is 6.03. The van der Waals surface area contributed by atoms with Gasteiger partial charge in [-0.05, 0) is 52.3 Å². The minimum Gasteiger partial charge on any atom is -0.497 e. The Hall–Kier alpha value is -3.38. The largest absolute Gasteiger partial charge is 0.497 e. The van der Waals surface area contributed by atoms with Gasteiger partial charge < -0.3 is 14.5 Å². The minimum absolute atomic E-state index is 0.242. The molecule has 4 rings (SSSR count). The average molecular weight is 449 g/mol. The maximum Gasteiger partial charge on any atom is 0.256 e. The van der Waals surface area contributed by atoms with Crippen LogP contribution in [0.15, 0.2) is 87.9 Å². The van der Waals surface area contributed by atoms with Gasteiger partial charge in [0, 0.05) is 15.6 Å². The van der Waals surface area contributed by atoms with Crippen LogP contribution in [0.25, 0.3) is 22.8 Å². The molecule has 1 aromatic heterocycles. The molecule has 4 aromatic rings. The van der Waals surface area contributed by atoms with Crippen molar-refractivity contribution in [3.05, 3.63) is 89.0 Å². The van der Waals surface area contributed by atoms with E-state index in [0.717, 1.165) is 15.8 Å². The van der Waals surface area contributed by atoms with Crippen LogP contribution in [0.1, 0.15) is 10.4 Å². The normalized spacial score (nSPS) is 10.6. The van der Waals surface area contributed by atoms with Crippen LogP contribution in [0.4, 0.5) is 5.69 Å². The van der Waals surface area contributed by atoms with Gasteiger partial charge >= 0.3 is 0 Å². The number of halogens is 1. The molecule has 0 aliphatic rings. The monoisotopic (exact) mass is 448 g/mol. The molecule has 6 heteroatoms. The topological polar surface area (TPSA) is 64.4 Å². The lowest BCUT2D eigenvalue weighted by Gasteiger charge is -2.09. The number of rotatable bonds is 5. The second kappa shape index (κ2) is 8.32. The van der Waals surface area contributed by atoms with Crippen molar-refractivity contribution in [1.29, 1.82) is 0 Å². The fourth-order valence-corrected chi connectivity index (χ4v) is 3.31. The van der Waals surface area contributed by atoms with E-state index in [4.69, 9.17) is 9.15 Å². The quantitative estimate of drug-likeness (QED) is 0.404. The number of nitrogens with one attached hydrogen (secondary N) is 1. The second-order valence-electron chi connectivity index (χ2n) is 6.24. The second-order valence-corrected chi connectivity index (χ2v) is 7.10. The smallest absolute Gasteiger partial charge is 0.256 e. The summed E-state index contributed by atoms with van der Waals surface area (Å²) < 4.78 is 12.0. The number of oxazole rings is 1. The van der Waals surface area contributed by atoms with Gasteiger partial charge in [-0.15, -0.1) is 0 Å². The van der Waals surface area contributed by atoms with E-state index < -0.39 is 0 Å². The summed E-state index contributed by atoms with van der Waals surface area (Å²) in [5.41, 5.74) is 2.63. The molecular formula is C23H17BrN2O3. The number of hydrogen-bond acceptors (Lipinski definition) is 4. The predicted molar refractivity (Wildman–Crippen MR) is 116 cm³/mol. The lowest BCUT2D eigenvalue weighted by Crippen LogP contribution is -2.13. The molecule has 1 amide bonds. The molecule has 0 bridgehead atoms. The molecule has 1 N–H and O–H groups in total. The highest BCUT2D eigenvalue weighted by Crippen LogP contribution is 2.30. The van der Waals surface area contributed by atoms with Gasteiger partial charge in [0.25, 0.3) is 5.91 Å². The number of nitrogens with zero attached hydrogens (tertiary/aromatic N) is 1. The van der Waals surface area contributed by atoms with Gasteiger partial charge in [0.2, 0.25) is 5.89 Å². The maximum atomic E-state index is 12.9. The molecular weight excluding hydrogens is 432 g/mol. The molecule has 0 spiro atoms. The number of carbonyl (C=O) groups excluding carboxylic acids is 1. The van der Waals surface area contributed by atoms with Gasteiger partial charge in [-0.3, -0.25) is 4.79 Å². The molecule has 0 aliphatic carbocycles. The van der Waals surface area contributed by atoms with Crippen molar-refractivity contribution in [3.63, 3.8) is 0 Å². The summed E-state index contributed by atoms with van der Waals surface area (Å²) >= 11 is 3.45. The molecule has 0 saturated heterocycles. The summed E-state index contributed by atoms with van der Waals surface area (Å²) in [7, 11) is 1.62. The molecule has 0 atom stereocenters. The first kappa shape index (κ1) is 19.0. The van der Waals surface area contributed by atoms with Gasteiger partial charge in [-0.25, -0.2) is 4.98 Å². The molecule has 0 unspecified atom stereocenters. The third kappa shape index (κ3) is 4.07. The van der Waals surface area contributed by atoms with Crippen LogP contribution in [0.5, 0.6) is 5.75 Å². The highest BCUT2D eigenvalue weighted by Gasteiger charge is 2.18. The number of benzene rings is 3. The standard InChI is InChI=1S/C23H17BrN2O3/c1-28-16-8-6-7-15(13-16)21-14-25-23(29-21)18-10-3-2-9-17(18)22(27)26-20-12-5-4-11-19(20)24/h2-14H,1H3,(H,26,27). The first-order valence-corrected chi connectivity index (χ1v) is 9.70. The molecule has 29 heavy (non-hydrogen) atoms. The lowest BCUT2D eigenvalue weighted by atomic mass is 10.1. The van der Waals surface area contributed by atoms with Crippen LogP contribution in [-0.2, 0) is 0 Å². The van der Waals surface area contributed by atoms with E-state index in [-0.39, 0.29) is 5.91 Å². The fraction of sp³-hybridized carbons (Fsp3) is 0.0435. The van der Waals surface area contributed by atoms with Gasteiger partial charge in [0.05, 0.1) is 24.6 Å². The number of anilines is 1. The Labute approximate surface area is 176 Å². The molecule has 0 aliphatic heterocycles. The summed E-state index contributed by atoms with van der Waals surface area (Å²) in [6.07, 6.45) is 1.65. The Bertz CT molecular complexity index is 1170. The average Bonchev–Trinajstić information content (AvgIpc) is 3.25. The Morgan fingerprint density at radius 2 is 1.83 bits per heavy atom. The van der Waals surface area contributed by atoms with Gasteiger partial charge in [-0.1, -0.05) is 36.4 Å². The molecule has 1 heterocycles. The Balaban J connectivity index is 1.66. The van der Waals surface area contributed by atoms with E-state index in [9.17, 15) is 4.79 Å². The first-order valence-electron chi connectivity index (χ1n) is 8.91. The summed E-state index contributed by atoms with van der Waals surface area (Å²) in [6.45, 7) is 0. The van der Waals surface area contributed by atoms with E-state index in [1.165, 1.54) is 0 Å². The highest BCUT2D eigenvalue weighted by molar-refractivity contribution is 9.10. The first-order chi connectivity index (χ1) is 14.2. The number of aromatic nitrogens is 1. The van der Waals surface area contributed by atoms with Gasteiger partial charge in [0.15, 0.2) is 5.76 Å². The van der Waals surface area contributed by atoms with Crippen molar-refractivity contribution in [3.8, 4) is 28.5 Å². The van der Waals surface area contributed by atoms with Crippen molar-refractivity contribution < 1.29 is 13.9 Å². The van der Waals surface area contributed by atoms with Crippen LogP contribution in [-0.4, -0.2) is 18.0 Å². The SMILES string of the molecule is COc1cccc(-c2cnc(-c3ccccc3C(=O)Nc3ccccc3Br)o2)c1. The van der Waals surface area contributed by atoms with Crippen molar-refractivity contribution in [1.82, 2.24) is 4.98 Å². The molecule has 0 saturated carbocycles. The van der Waals surface area contributed by atoms with Crippen molar-refractivity contribution in [2.45, 2.75) is 0 Å². The Morgan fingerprint density at radius 1 is 1.03 bits per heavy atom. The third-order valence-corrected chi connectivity index (χ3v) is 5.08. The van der Waals surface area contributed by atoms with E-state index in [2.05, 4.69) is 26.2 Å². The molecule has 0 radical (unpaired) electrons. The van der Waals surface area contributed by atoms with Crippen LogP contribution in [0, 0.1) is 0 Å². The number of amides is 1. The van der Waals surface area contributed by atoms with E-state index in [0.29, 0.717) is 28.5 Å². The Morgan fingerprint density at radius 3 is 2.66 bits per heavy atom. The molecule has 5 nitrogen and oxygen atoms in total. The summed E-state index contributed by atoms with van der Waals surface area (Å²) in [5, 5.41) is 2.92. The van der Waals surface area contributed by atoms with Gasteiger partial charge in [-0.2, -0.15) is 0 Å². The zero-order valence-electron chi connectivity index (χ0n) is 15.6. The lowest BCUT2D eigenvalue weighted by molar-refractivity contribution is 0.102. The van der Waals surface area contributed by atoms with E-state index >= 15 is 0 Å². The van der Waals surface area contributed by atoms with E-state index in [1.54, 1.807) is 19.4 Å².